The van der Waals surface area contributed by atoms with Crippen molar-refractivity contribution >= 4 is 28.8 Å². The Labute approximate surface area is 243 Å². The van der Waals surface area contributed by atoms with E-state index in [1.54, 1.807) is 31.4 Å². The minimum absolute atomic E-state index is 0.0619. The molecule has 2 aliphatic carbocycles. The van der Waals surface area contributed by atoms with Crippen molar-refractivity contribution in [3.05, 3.63) is 30.1 Å². The van der Waals surface area contributed by atoms with Gasteiger partial charge in [0.2, 0.25) is 23.8 Å². The summed E-state index contributed by atoms with van der Waals surface area (Å²) in [5.41, 5.74) is 0.951. The summed E-state index contributed by atoms with van der Waals surface area (Å²) in [6.45, 7) is 2.24. The third kappa shape index (κ3) is 6.31. The second-order valence-corrected chi connectivity index (χ2v) is 11.4. The Morgan fingerprint density at radius 1 is 0.929 bits per heavy atom. The number of nitrogens with zero attached hydrogens (tertiary/aromatic N) is 6. The number of ether oxygens (including phenoxy) is 2. The molecule has 0 unspecified atom stereocenters. The highest BCUT2D eigenvalue weighted by molar-refractivity contribution is 5.79. The van der Waals surface area contributed by atoms with Gasteiger partial charge in [-0.15, -0.1) is 0 Å². The van der Waals surface area contributed by atoms with Crippen molar-refractivity contribution in [1.82, 2.24) is 29.8 Å². The minimum Gasteiger partial charge on any atom is -0.381 e. The highest BCUT2D eigenvalue weighted by Crippen LogP contribution is 2.30. The van der Waals surface area contributed by atoms with E-state index in [0.717, 1.165) is 51.4 Å². The standard InChI is InChI=1S/C29H38F2N8O3/c1-41-21-12-6-18(7-13-21)26(40)32-19-8-10-20(11-9-19)33-27-35-28(38-14-16-42-17-15-38)37-29(36-27)39-23-5-3-2-4-22(23)34-25(39)24(30)31/h2-5,18-21,24H,6-17H2,1H3,(H,32,40)(H,33,35,36,37). The maximum Gasteiger partial charge on any atom is 0.296 e. The number of alkyl halides is 2. The van der Waals surface area contributed by atoms with Crippen LogP contribution in [-0.4, -0.2) is 82.0 Å². The first-order chi connectivity index (χ1) is 20.5. The third-order valence-corrected chi connectivity index (χ3v) is 8.67. The molecule has 11 nitrogen and oxygen atoms in total. The normalized spacial score (nSPS) is 25.1. The van der Waals surface area contributed by atoms with Gasteiger partial charge in [-0.1, -0.05) is 12.1 Å². The quantitative estimate of drug-likeness (QED) is 0.405. The summed E-state index contributed by atoms with van der Waals surface area (Å²) < 4.78 is 40.5. The lowest BCUT2D eigenvalue weighted by Gasteiger charge is -2.32. The number of carbonyl (C=O) groups excluding carboxylic acids is 1. The fourth-order valence-electron chi connectivity index (χ4n) is 6.27. The van der Waals surface area contributed by atoms with Gasteiger partial charge in [0.25, 0.3) is 6.43 Å². The van der Waals surface area contributed by atoms with E-state index in [4.69, 9.17) is 14.5 Å². The van der Waals surface area contributed by atoms with Crippen LogP contribution < -0.4 is 15.5 Å². The molecule has 1 aliphatic heterocycles. The molecule has 1 saturated heterocycles. The van der Waals surface area contributed by atoms with Crippen LogP contribution in [0.1, 0.15) is 63.6 Å². The Morgan fingerprint density at radius 3 is 2.33 bits per heavy atom. The summed E-state index contributed by atoms with van der Waals surface area (Å²) in [4.78, 5) is 33.0. The number of aromatic nitrogens is 5. The molecule has 3 aromatic rings. The van der Waals surface area contributed by atoms with Crippen LogP contribution >= 0.6 is 0 Å². The van der Waals surface area contributed by atoms with E-state index in [1.807, 2.05) is 4.90 Å². The summed E-state index contributed by atoms with van der Waals surface area (Å²) in [7, 11) is 1.74. The predicted octanol–water partition coefficient (Wildman–Crippen LogP) is 4.03. The van der Waals surface area contributed by atoms with E-state index in [0.29, 0.717) is 49.2 Å². The molecule has 0 atom stereocenters. The van der Waals surface area contributed by atoms with Crippen LogP contribution in [0.15, 0.2) is 24.3 Å². The van der Waals surface area contributed by atoms with Gasteiger partial charge in [-0.25, -0.2) is 13.8 Å². The van der Waals surface area contributed by atoms with Crippen LogP contribution in [-0.2, 0) is 14.3 Å². The fourth-order valence-corrected chi connectivity index (χ4v) is 6.27. The van der Waals surface area contributed by atoms with Crippen molar-refractivity contribution in [1.29, 1.82) is 0 Å². The number of halogens is 2. The molecule has 1 aromatic carbocycles. The van der Waals surface area contributed by atoms with Crippen LogP contribution in [0, 0.1) is 5.92 Å². The van der Waals surface area contributed by atoms with Crippen LogP contribution in [0.2, 0.25) is 0 Å². The monoisotopic (exact) mass is 584 g/mol. The zero-order valence-electron chi connectivity index (χ0n) is 23.8. The van der Waals surface area contributed by atoms with Gasteiger partial charge in [-0.05, 0) is 63.5 Å². The van der Waals surface area contributed by atoms with Gasteiger partial charge in [0, 0.05) is 38.2 Å². The number of morpholine rings is 1. The Kier molecular flexibility index (Phi) is 8.75. The molecule has 3 heterocycles. The Hall–Kier alpha value is -3.45. The van der Waals surface area contributed by atoms with Gasteiger partial charge in [-0.3, -0.25) is 9.36 Å². The van der Waals surface area contributed by atoms with E-state index in [9.17, 15) is 13.6 Å². The predicted molar refractivity (Wildman–Crippen MR) is 153 cm³/mol. The Morgan fingerprint density at radius 2 is 1.62 bits per heavy atom. The number of hydrogen-bond acceptors (Lipinski definition) is 9. The first-order valence-corrected chi connectivity index (χ1v) is 14.9. The molecule has 1 amide bonds. The number of methoxy groups -OCH3 is 1. The van der Waals surface area contributed by atoms with E-state index >= 15 is 0 Å². The van der Waals surface area contributed by atoms with Crippen molar-refractivity contribution in [3.8, 4) is 5.95 Å². The maximum absolute atomic E-state index is 14.1. The van der Waals surface area contributed by atoms with E-state index < -0.39 is 12.2 Å². The zero-order valence-corrected chi connectivity index (χ0v) is 23.8. The highest BCUT2D eigenvalue weighted by Gasteiger charge is 2.30. The lowest BCUT2D eigenvalue weighted by molar-refractivity contribution is -0.127. The van der Waals surface area contributed by atoms with Crippen molar-refractivity contribution in [2.45, 2.75) is 76.0 Å². The number of rotatable bonds is 8. The molecule has 0 spiro atoms. The first kappa shape index (κ1) is 28.7. The van der Waals surface area contributed by atoms with Crippen molar-refractivity contribution in [2.75, 3.05) is 43.6 Å². The molecule has 226 valence electrons. The summed E-state index contributed by atoms with van der Waals surface area (Å²) in [6, 6.07) is 7.19. The minimum atomic E-state index is -2.81. The van der Waals surface area contributed by atoms with Crippen molar-refractivity contribution in [3.63, 3.8) is 0 Å². The van der Waals surface area contributed by atoms with Crippen molar-refractivity contribution < 1.29 is 23.0 Å². The number of para-hydroxylation sites is 2. The average Bonchev–Trinajstić information content (AvgIpc) is 3.43. The number of carbonyl (C=O) groups is 1. The number of amides is 1. The smallest absolute Gasteiger partial charge is 0.296 e. The molecule has 0 bridgehead atoms. The van der Waals surface area contributed by atoms with E-state index in [1.165, 1.54) is 4.57 Å². The summed E-state index contributed by atoms with van der Waals surface area (Å²) >= 11 is 0. The molecule has 3 aliphatic rings. The molecule has 2 saturated carbocycles. The topological polar surface area (TPSA) is 119 Å². The third-order valence-electron chi connectivity index (χ3n) is 8.67. The molecule has 3 fully saturated rings. The SMILES string of the molecule is COC1CCC(C(=O)NC2CCC(Nc3nc(N4CCOCC4)nc(-n4c(C(F)F)nc5ccccc54)n3)CC2)CC1. The lowest BCUT2D eigenvalue weighted by atomic mass is 9.85. The van der Waals surface area contributed by atoms with Gasteiger partial charge >= 0.3 is 0 Å². The van der Waals surface area contributed by atoms with E-state index in [-0.39, 0.29) is 36.0 Å². The molecular formula is C29H38F2N8O3. The van der Waals surface area contributed by atoms with Gasteiger partial charge in [-0.2, -0.15) is 15.0 Å². The number of benzene rings is 1. The molecule has 13 heteroatoms. The number of nitrogens with one attached hydrogen (secondary N) is 2. The second-order valence-electron chi connectivity index (χ2n) is 11.4. The molecule has 42 heavy (non-hydrogen) atoms. The lowest BCUT2D eigenvalue weighted by Crippen LogP contribution is -2.43. The molecule has 6 rings (SSSR count). The molecule has 2 N–H and O–H groups in total. The fraction of sp³-hybridized carbons (Fsp3) is 0.621. The number of hydrogen-bond donors (Lipinski definition) is 2. The second kappa shape index (κ2) is 12.8. The highest BCUT2D eigenvalue weighted by atomic mass is 19.3. The molecular weight excluding hydrogens is 546 g/mol. The number of fused-ring (bicyclic) bond motifs is 1. The summed E-state index contributed by atoms with van der Waals surface area (Å²) in [5.74, 6) is 0.651. The Balaban J connectivity index is 1.18. The van der Waals surface area contributed by atoms with Gasteiger partial charge in [0.15, 0.2) is 5.82 Å². The van der Waals surface area contributed by atoms with Crippen LogP contribution in [0.5, 0.6) is 0 Å². The van der Waals surface area contributed by atoms with Crippen LogP contribution in [0.25, 0.3) is 17.0 Å². The molecule has 0 radical (unpaired) electrons. The summed E-state index contributed by atoms with van der Waals surface area (Å²) in [5, 5.41) is 6.71. The maximum atomic E-state index is 14.1. The molecule has 2 aromatic heterocycles. The van der Waals surface area contributed by atoms with Crippen LogP contribution in [0.4, 0.5) is 20.7 Å². The van der Waals surface area contributed by atoms with Crippen molar-refractivity contribution in [2.24, 2.45) is 5.92 Å². The van der Waals surface area contributed by atoms with Gasteiger partial charge in [0.1, 0.15) is 0 Å². The number of anilines is 2. The van der Waals surface area contributed by atoms with Gasteiger partial charge < -0.3 is 25.0 Å². The van der Waals surface area contributed by atoms with Gasteiger partial charge in [0.05, 0.1) is 30.4 Å². The summed E-state index contributed by atoms with van der Waals surface area (Å²) in [6.07, 6.45) is 4.39. The largest absolute Gasteiger partial charge is 0.381 e. The number of imidazole rings is 1. The zero-order chi connectivity index (χ0) is 29.1. The van der Waals surface area contributed by atoms with Crippen LogP contribution in [0.3, 0.4) is 0 Å². The Bertz CT molecular complexity index is 1370. The average molecular weight is 585 g/mol. The van der Waals surface area contributed by atoms with E-state index in [2.05, 4.69) is 25.6 Å². The first-order valence-electron chi connectivity index (χ1n) is 14.9.